The lowest BCUT2D eigenvalue weighted by atomic mass is 10.0. The number of esters is 2. The lowest BCUT2D eigenvalue weighted by Crippen LogP contribution is -2.55. The van der Waals surface area contributed by atoms with Crippen LogP contribution in [-0.2, 0) is 28.6 Å². The number of hydrogen-bond donors (Lipinski definition) is 0. The molecule has 2 unspecified atom stereocenters. The van der Waals surface area contributed by atoms with Crippen molar-refractivity contribution < 1.29 is 38.2 Å². The van der Waals surface area contributed by atoms with Gasteiger partial charge in [-0.3, -0.25) is 9.59 Å². The summed E-state index contributed by atoms with van der Waals surface area (Å²) in [7, 11) is 5.42. The van der Waals surface area contributed by atoms with Gasteiger partial charge in [-0.15, -0.1) is 0 Å². The average Bonchev–Trinajstić information content (AvgIpc) is 3.19. The Morgan fingerprint density at radius 1 is 0.508 bits per heavy atom. The van der Waals surface area contributed by atoms with E-state index in [1.807, 2.05) is 0 Å². The van der Waals surface area contributed by atoms with Gasteiger partial charge in [-0.1, -0.05) is 192 Å². The Morgan fingerprint density at radius 3 is 1.34 bits per heavy atom. The van der Waals surface area contributed by atoms with E-state index in [0.29, 0.717) is 12.8 Å². The molecule has 0 aromatic carbocycles. The number of ether oxygens (including phenoxy) is 3. The first-order valence-electron chi connectivity index (χ1n) is 24.9. The Bertz CT molecular complexity index is 1020. The van der Waals surface area contributed by atoms with Gasteiger partial charge in [0.25, 0.3) is 0 Å². The second-order valence-corrected chi connectivity index (χ2v) is 18.1. The normalized spacial score (nSPS) is 13.0. The van der Waals surface area contributed by atoms with Crippen molar-refractivity contribution in [1.82, 2.24) is 0 Å². The van der Waals surface area contributed by atoms with Crippen LogP contribution in [0.2, 0.25) is 0 Å². The fourth-order valence-electron chi connectivity index (χ4n) is 7.46. The summed E-state index contributed by atoms with van der Waals surface area (Å²) < 4.78 is 17.2. The van der Waals surface area contributed by atoms with Gasteiger partial charge in [0.1, 0.15) is 12.6 Å². The number of carbonyl (C=O) groups excluding carboxylic acids is 3. The minimum Gasteiger partial charge on any atom is -0.544 e. The van der Waals surface area contributed by atoms with Gasteiger partial charge in [0.15, 0.2) is 6.10 Å². The van der Waals surface area contributed by atoms with Gasteiger partial charge in [0.2, 0.25) is 0 Å². The van der Waals surface area contributed by atoms with Gasteiger partial charge in [0, 0.05) is 19.3 Å². The molecule has 8 nitrogen and oxygen atoms in total. The standard InChI is InChI=1S/C51H95NO7/c1-6-8-10-12-14-16-18-20-22-24-26-27-29-31-33-35-37-39-41-49(53)58-46-47(45-57-44-43-48(51(55)56)52(3,4)5)59-50(54)42-40-38-36-34-32-30-28-25-23-21-19-17-15-13-11-9-7-2/h15,17,21,23,47-48H,6-14,16,18-20,22,24-46H2,1-5H3/b17-15-,23-21-. The first kappa shape index (κ1) is 56.8. The lowest BCUT2D eigenvalue weighted by molar-refractivity contribution is -0.889. The SMILES string of the molecule is CCCCC/C=C\C/C=C\CCCCCCCCCC(=O)OC(COCCC(C(=O)[O-])[N+](C)(C)C)COC(=O)CCCCCCCCCCCCCCCCCCCC. The second kappa shape index (κ2) is 42.5. The molecule has 346 valence electrons. The molecule has 8 heteroatoms. The van der Waals surface area contributed by atoms with Crippen molar-refractivity contribution >= 4 is 17.9 Å². The minimum atomic E-state index is -1.12. The molecule has 0 rings (SSSR count). The predicted molar refractivity (Wildman–Crippen MR) is 245 cm³/mol. The highest BCUT2D eigenvalue weighted by molar-refractivity contribution is 5.70. The molecule has 0 aromatic heterocycles. The number of carboxylic acids is 1. The first-order valence-corrected chi connectivity index (χ1v) is 24.9. The Balaban J connectivity index is 4.25. The summed E-state index contributed by atoms with van der Waals surface area (Å²) in [5.74, 6) is -1.73. The fourth-order valence-corrected chi connectivity index (χ4v) is 7.46. The Morgan fingerprint density at radius 2 is 0.898 bits per heavy atom. The Kier molecular flexibility index (Phi) is 40.9. The molecule has 0 spiro atoms. The van der Waals surface area contributed by atoms with Crippen molar-refractivity contribution in [2.45, 2.75) is 244 Å². The molecule has 0 aliphatic rings. The van der Waals surface area contributed by atoms with Crippen LogP contribution in [0.4, 0.5) is 0 Å². The van der Waals surface area contributed by atoms with Gasteiger partial charge in [-0.2, -0.15) is 0 Å². The topological polar surface area (TPSA) is 102 Å². The zero-order valence-electron chi connectivity index (χ0n) is 39.4. The summed E-state index contributed by atoms with van der Waals surface area (Å²) in [6.45, 7) is 4.66. The Labute approximate surface area is 364 Å². The quantitative estimate of drug-likeness (QED) is 0.0260. The van der Waals surface area contributed by atoms with Crippen molar-refractivity contribution in [1.29, 1.82) is 0 Å². The van der Waals surface area contributed by atoms with Crippen LogP contribution in [0.3, 0.4) is 0 Å². The molecular formula is C51H95NO7. The van der Waals surface area contributed by atoms with Gasteiger partial charge >= 0.3 is 11.9 Å². The van der Waals surface area contributed by atoms with Crippen molar-refractivity contribution in [2.24, 2.45) is 0 Å². The number of aliphatic carboxylic acids is 1. The maximum absolute atomic E-state index is 12.8. The number of unbranched alkanes of at least 4 members (excludes halogenated alkanes) is 27. The zero-order valence-corrected chi connectivity index (χ0v) is 39.4. The third kappa shape index (κ3) is 41.0. The highest BCUT2D eigenvalue weighted by Gasteiger charge is 2.25. The Hall–Kier alpha value is -2.19. The third-order valence-corrected chi connectivity index (χ3v) is 11.3. The number of likely N-dealkylation sites (N-methyl/N-ethyl adjacent to an activating group) is 1. The van der Waals surface area contributed by atoms with E-state index in [1.165, 1.54) is 148 Å². The molecule has 59 heavy (non-hydrogen) atoms. The van der Waals surface area contributed by atoms with Crippen LogP contribution in [0.1, 0.15) is 232 Å². The van der Waals surface area contributed by atoms with Crippen molar-refractivity contribution in [3.8, 4) is 0 Å². The second-order valence-electron chi connectivity index (χ2n) is 18.1. The molecule has 0 fully saturated rings. The van der Waals surface area contributed by atoms with Crippen LogP contribution in [0.25, 0.3) is 0 Å². The van der Waals surface area contributed by atoms with Gasteiger partial charge in [-0.05, 0) is 44.9 Å². The smallest absolute Gasteiger partial charge is 0.306 e. The summed E-state index contributed by atoms with van der Waals surface area (Å²) in [6, 6.07) is -0.725. The van der Waals surface area contributed by atoms with Crippen molar-refractivity contribution in [2.75, 3.05) is 41.0 Å². The number of hydrogen-bond acceptors (Lipinski definition) is 7. The van der Waals surface area contributed by atoms with E-state index in [9.17, 15) is 19.5 Å². The van der Waals surface area contributed by atoms with E-state index >= 15 is 0 Å². The van der Waals surface area contributed by atoms with E-state index in [0.717, 1.165) is 51.4 Å². The van der Waals surface area contributed by atoms with Crippen LogP contribution in [0.15, 0.2) is 24.3 Å². The van der Waals surface area contributed by atoms with Crippen LogP contribution in [0, 0.1) is 0 Å². The summed E-state index contributed by atoms with van der Waals surface area (Å²) in [5.41, 5.74) is 0. The molecule has 0 saturated heterocycles. The molecule has 0 N–H and O–H groups in total. The maximum atomic E-state index is 12.8. The molecule has 0 saturated carbocycles. The van der Waals surface area contributed by atoms with Crippen LogP contribution in [-0.4, -0.2) is 75.5 Å². The monoisotopic (exact) mass is 834 g/mol. The average molecular weight is 834 g/mol. The van der Waals surface area contributed by atoms with E-state index in [-0.39, 0.29) is 42.7 Å². The largest absolute Gasteiger partial charge is 0.544 e. The van der Waals surface area contributed by atoms with E-state index in [1.54, 1.807) is 21.1 Å². The third-order valence-electron chi connectivity index (χ3n) is 11.3. The number of carbonyl (C=O) groups is 3. The molecule has 0 radical (unpaired) electrons. The fraction of sp³-hybridized carbons (Fsp3) is 0.863. The van der Waals surface area contributed by atoms with Gasteiger partial charge < -0.3 is 28.6 Å². The first-order chi connectivity index (χ1) is 28.6. The number of carboxylic acid groups (broad SMARTS) is 1. The van der Waals surface area contributed by atoms with Crippen LogP contribution >= 0.6 is 0 Å². The molecule has 0 bridgehead atoms. The highest BCUT2D eigenvalue weighted by Crippen LogP contribution is 2.16. The molecular weight excluding hydrogens is 739 g/mol. The number of allylic oxidation sites excluding steroid dienone is 4. The van der Waals surface area contributed by atoms with Gasteiger partial charge in [-0.25, -0.2) is 0 Å². The zero-order chi connectivity index (χ0) is 43.5. The molecule has 0 aliphatic heterocycles. The summed E-state index contributed by atoms with van der Waals surface area (Å²) in [6.07, 6.45) is 47.7. The van der Waals surface area contributed by atoms with E-state index in [4.69, 9.17) is 14.2 Å². The van der Waals surface area contributed by atoms with Crippen LogP contribution < -0.4 is 5.11 Å². The van der Waals surface area contributed by atoms with E-state index < -0.39 is 18.1 Å². The number of nitrogens with zero attached hydrogens (tertiary/aromatic N) is 1. The molecule has 0 heterocycles. The van der Waals surface area contributed by atoms with Crippen LogP contribution in [0.5, 0.6) is 0 Å². The van der Waals surface area contributed by atoms with Crippen molar-refractivity contribution in [3.63, 3.8) is 0 Å². The van der Waals surface area contributed by atoms with Crippen molar-refractivity contribution in [3.05, 3.63) is 24.3 Å². The number of quaternary nitrogens is 1. The maximum Gasteiger partial charge on any atom is 0.306 e. The lowest BCUT2D eigenvalue weighted by Gasteiger charge is -2.34. The number of rotatable bonds is 45. The molecule has 0 aliphatic carbocycles. The minimum absolute atomic E-state index is 0.0417. The summed E-state index contributed by atoms with van der Waals surface area (Å²) in [5, 5.41) is 11.6. The van der Waals surface area contributed by atoms with Gasteiger partial charge in [0.05, 0.1) is 40.3 Å². The molecule has 2 atom stereocenters. The summed E-state index contributed by atoms with van der Waals surface area (Å²) >= 11 is 0. The molecule has 0 aromatic rings. The highest BCUT2D eigenvalue weighted by atomic mass is 16.6. The molecule has 0 amide bonds. The van der Waals surface area contributed by atoms with E-state index in [2.05, 4.69) is 38.2 Å². The predicted octanol–water partition coefficient (Wildman–Crippen LogP) is 12.7. The summed E-state index contributed by atoms with van der Waals surface area (Å²) in [4.78, 5) is 37.0.